The molecule has 4 rings (SSSR count). The van der Waals surface area contributed by atoms with Gasteiger partial charge in [-0.2, -0.15) is 5.10 Å². The molecule has 5 nitrogen and oxygen atoms in total. The van der Waals surface area contributed by atoms with Gasteiger partial charge in [0.05, 0.1) is 19.0 Å². The highest BCUT2D eigenvalue weighted by Gasteiger charge is 2.29. The predicted octanol–water partition coefficient (Wildman–Crippen LogP) is 2.91. The van der Waals surface area contributed by atoms with Crippen LogP contribution in [-0.4, -0.2) is 38.2 Å². The Morgan fingerprint density at radius 2 is 2.29 bits per heavy atom. The maximum atomic E-state index is 12.9. The van der Waals surface area contributed by atoms with Crippen molar-refractivity contribution in [3.63, 3.8) is 0 Å². The number of hydrogen-bond acceptors (Lipinski definition) is 2. The molecule has 1 aromatic carbocycles. The molecule has 124 valence electrons. The molecule has 24 heavy (non-hydrogen) atoms. The van der Waals surface area contributed by atoms with Gasteiger partial charge in [-0.25, -0.2) is 0 Å². The van der Waals surface area contributed by atoms with E-state index >= 15 is 0 Å². The summed E-state index contributed by atoms with van der Waals surface area (Å²) < 4.78 is 1.92. The van der Waals surface area contributed by atoms with E-state index in [4.69, 9.17) is 0 Å². The number of benzene rings is 1. The zero-order valence-electron chi connectivity index (χ0n) is 13.9. The van der Waals surface area contributed by atoms with Gasteiger partial charge in [-0.05, 0) is 43.0 Å². The predicted molar refractivity (Wildman–Crippen MR) is 93.7 cm³/mol. The highest BCUT2D eigenvalue weighted by Crippen LogP contribution is 2.25. The van der Waals surface area contributed by atoms with Crippen LogP contribution in [0.5, 0.6) is 0 Å². The van der Waals surface area contributed by atoms with Gasteiger partial charge in [0, 0.05) is 36.0 Å². The number of carbonyl (C=O) groups excluding carboxylic acids is 1. The standard InChI is InChI=1S/C19H22N4O/c1-14-5-2-7-17-19(14)15(12-20-17)11-18(24)23-10-3-6-16(23)13-22-9-4-8-21-22/h2,4-5,7-9,12,16,20H,3,6,10-11,13H2,1H3/t16-/m1/s1. The minimum absolute atomic E-state index is 0.216. The molecule has 3 aromatic rings. The Morgan fingerprint density at radius 3 is 3.12 bits per heavy atom. The fourth-order valence-corrected chi connectivity index (χ4v) is 3.83. The Hall–Kier alpha value is -2.56. The third kappa shape index (κ3) is 2.70. The second-order valence-corrected chi connectivity index (χ2v) is 6.60. The van der Waals surface area contributed by atoms with E-state index in [9.17, 15) is 4.79 Å². The van der Waals surface area contributed by atoms with E-state index in [0.29, 0.717) is 6.42 Å². The Balaban J connectivity index is 1.52. The number of nitrogens with one attached hydrogen (secondary N) is 1. The van der Waals surface area contributed by atoms with Crippen molar-refractivity contribution in [1.82, 2.24) is 19.7 Å². The molecule has 2 aromatic heterocycles. The Morgan fingerprint density at radius 1 is 1.38 bits per heavy atom. The van der Waals surface area contributed by atoms with Crippen LogP contribution in [0.2, 0.25) is 0 Å². The average Bonchev–Trinajstić information content (AvgIpc) is 3.29. The first-order valence-electron chi connectivity index (χ1n) is 8.55. The molecular weight excluding hydrogens is 300 g/mol. The molecule has 1 fully saturated rings. The maximum Gasteiger partial charge on any atom is 0.227 e. The van der Waals surface area contributed by atoms with Crippen LogP contribution in [0.25, 0.3) is 10.9 Å². The van der Waals surface area contributed by atoms with Crippen LogP contribution < -0.4 is 0 Å². The Kier molecular flexibility index (Phi) is 3.84. The van der Waals surface area contributed by atoms with Crippen LogP contribution in [0.1, 0.15) is 24.0 Å². The summed E-state index contributed by atoms with van der Waals surface area (Å²) in [6.07, 6.45) is 8.32. The molecule has 1 N–H and O–H groups in total. The molecule has 1 aliphatic rings. The summed E-state index contributed by atoms with van der Waals surface area (Å²) >= 11 is 0. The summed E-state index contributed by atoms with van der Waals surface area (Å²) in [5, 5.41) is 5.46. The second-order valence-electron chi connectivity index (χ2n) is 6.60. The van der Waals surface area contributed by atoms with Crippen molar-refractivity contribution in [1.29, 1.82) is 0 Å². The lowest BCUT2D eigenvalue weighted by molar-refractivity contribution is -0.131. The summed E-state index contributed by atoms with van der Waals surface area (Å²) in [5.41, 5.74) is 3.41. The fourth-order valence-electron chi connectivity index (χ4n) is 3.83. The number of aromatic amines is 1. The largest absolute Gasteiger partial charge is 0.361 e. The Bertz CT molecular complexity index is 850. The average molecular weight is 322 g/mol. The van der Waals surface area contributed by atoms with Gasteiger partial charge in [-0.3, -0.25) is 9.48 Å². The van der Waals surface area contributed by atoms with Crippen molar-refractivity contribution in [3.05, 3.63) is 54.0 Å². The highest BCUT2D eigenvalue weighted by atomic mass is 16.2. The normalized spacial score (nSPS) is 17.7. The van der Waals surface area contributed by atoms with Crippen LogP contribution in [-0.2, 0) is 17.8 Å². The third-order valence-corrected chi connectivity index (χ3v) is 4.99. The molecule has 1 atom stereocenters. The summed E-state index contributed by atoms with van der Waals surface area (Å²) in [6.45, 7) is 3.73. The van der Waals surface area contributed by atoms with E-state index in [0.717, 1.165) is 37.0 Å². The first-order valence-corrected chi connectivity index (χ1v) is 8.55. The lowest BCUT2D eigenvalue weighted by Gasteiger charge is -2.24. The van der Waals surface area contributed by atoms with Crippen LogP contribution in [0.3, 0.4) is 0 Å². The molecule has 3 heterocycles. The van der Waals surface area contributed by atoms with Gasteiger partial charge in [0.2, 0.25) is 5.91 Å². The van der Waals surface area contributed by atoms with Gasteiger partial charge >= 0.3 is 0 Å². The van der Waals surface area contributed by atoms with Crippen molar-refractivity contribution in [2.75, 3.05) is 6.54 Å². The van der Waals surface area contributed by atoms with Crippen LogP contribution in [0, 0.1) is 6.92 Å². The summed E-state index contributed by atoms with van der Waals surface area (Å²) in [5.74, 6) is 0.216. The van der Waals surface area contributed by atoms with Crippen molar-refractivity contribution in [2.24, 2.45) is 0 Å². The van der Waals surface area contributed by atoms with E-state index in [2.05, 4.69) is 29.1 Å². The van der Waals surface area contributed by atoms with Crippen LogP contribution in [0.15, 0.2) is 42.9 Å². The minimum Gasteiger partial charge on any atom is -0.361 e. The smallest absolute Gasteiger partial charge is 0.227 e. The number of nitrogens with zero attached hydrogens (tertiary/aromatic N) is 3. The molecule has 0 spiro atoms. The van der Waals surface area contributed by atoms with Gasteiger partial charge in [-0.15, -0.1) is 0 Å². The van der Waals surface area contributed by atoms with E-state index < -0.39 is 0 Å². The number of amides is 1. The van der Waals surface area contributed by atoms with Crippen LogP contribution in [0.4, 0.5) is 0 Å². The second kappa shape index (κ2) is 6.15. The quantitative estimate of drug-likeness (QED) is 0.803. The highest BCUT2D eigenvalue weighted by molar-refractivity contribution is 5.91. The number of aryl methyl sites for hydroxylation is 1. The summed E-state index contributed by atoms with van der Waals surface area (Å²) in [4.78, 5) is 18.2. The maximum absolute atomic E-state index is 12.9. The lowest BCUT2D eigenvalue weighted by Crippen LogP contribution is -2.39. The minimum atomic E-state index is 0.216. The molecule has 0 saturated carbocycles. The van der Waals surface area contributed by atoms with E-state index in [1.807, 2.05) is 34.1 Å². The number of aromatic nitrogens is 3. The molecule has 1 aliphatic heterocycles. The van der Waals surface area contributed by atoms with Gasteiger partial charge in [0.15, 0.2) is 0 Å². The van der Waals surface area contributed by atoms with Crippen molar-refractivity contribution in [2.45, 2.75) is 38.8 Å². The molecule has 0 bridgehead atoms. The van der Waals surface area contributed by atoms with Gasteiger partial charge in [-0.1, -0.05) is 12.1 Å². The SMILES string of the molecule is Cc1cccc2[nH]cc(CC(=O)N3CCC[C@@H]3Cn3cccn3)c12. The monoisotopic (exact) mass is 322 g/mol. The molecule has 0 unspecified atom stereocenters. The zero-order valence-corrected chi connectivity index (χ0v) is 13.9. The first-order chi connectivity index (χ1) is 11.7. The topological polar surface area (TPSA) is 53.9 Å². The molecule has 1 amide bonds. The first kappa shape index (κ1) is 15.0. The lowest BCUT2D eigenvalue weighted by atomic mass is 10.0. The summed E-state index contributed by atoms with van der Waals surface area (Å²) in [6, 6.07) is 8.38. The number of hydrogen-bond donors (Lipinski definition) is 1. The number of carbonyl (C=O) groups is 1. The molecular formula is C19H22N4O. The zero-order chi connectivity index (χ0) is 16.5. The number of fused-ring (bicyclic) bond motifs is 1. The number of H-pyrrole nitrogens is 1. The third-order valence-electron chi connectivity index (χ3n) is 4.99. The van der Waals surface area contributed by atoms with Gasteiger partial charge in [0.1, 0.15) is 0 Å². The summed E-state index contributed by atoms with van der Waals surface area (Å²) in [7, 11) is 0. The Labute approximate surface area is 141 Å². The van der Waals surface area contributed by atoms with E-state index in [-0.39, 0.29) is 11.9 Å². The number of rotatable bonds is 4. The van der Waals surface area contributed by atoms with Crippen molar-refractivity contribution in [3.8, 4) is 0 Å². The number of likely N-dealkylation sites (tertiary alicyclic amines) is 1. The molecule has 0 radical (unpaired) electrons. The molecule has 0 aliphatic carbocycles. The molecule has 1 saturated heterocycles. The van der Waals surface area contributed by atoms with Crippen LogP contribution >= 0.6 is 0 Å². The van der Waals surface area contributed by atoms with Crippen molar-refractivity contribution < 1.29 is 4.79 Å². The molecule has 5 heteroatoms. The fraction of sp³-hybridized carbons (Fsp3) is 0.368. The van der Waals surface area contributed by atoms with Gasteiger partial charge in [0.25, 0.3) is 0 Å². The van der Waals surface area contributed by atoms with Crippen molar-refractivity contribution >= 4 is 16.8 Å². The van der Waals surface area contributed by atoms with E-state index in [1.54, 1.807) is 6.20 Å². The van der Waals surface area contributed by atoms with Gasteiger partial charge < -0.3 is 9.88 Å². The van der Waals surface area contributed by atoms with E-state index in [1.165, 1.54) is 10.9 Å².